The molecule has 2 aromatic heterocycles. The number of phenolic OH excluding ortho intramolecular Hbond substituents is 2. The van der Waals surface area contributed by atoms with Gasteiger partial charge in [0.05, 0.1) is 31.5 Å². The molecule has 0 unspecified atom stereocenters. The van der Waals surface area contributed by atoms with Crippen molar-refractivity contribution in [2.45, 2.75) is 11.8 Å². The van der Waals surface area contributed by atoms with Crippen molar-refractivity contribution >= 4 is 94.8 Å². The maximum absolute atomic E-state index is 15.3. The summed E-state index contributed by atoms with van der Waals surface area (Å²) in [6, 6.07) is 30.7. The molecule has 0 aliphatic carbocycles. The van der Waals surface area contributed by atoms with Crippen molar-refractivity contribution in [3.8, 4) is 33.8 Å². The molecular formula is C41H32BBrCl2F2N2O5S2. The number of hydrogen-bond acceptors (Lipinski definition) is 9. The Bertz CT molecular complexity index is 2580. The van der Waals surface area contributed by atoms with Gasteiger partial charge in [-0.2, -0.15) is 0 Å². The van der Waals surface area contributed by atoms with Crippen molar-refractivity contribution in [1.82, 2.24) is 9.97 Å². The average Bonchev–Trinajstić information content (AvgIpc) is 3.86. The summed E-state index contributed by atoms with van der Waals surface area (Å²) in [5.41, 5.74) is 9.57. The number of phenols is 2. The van der Waals surface area contributed by atoms with Crippen LogP contribution in [-0.2, 0) is 11.8 Å². The van der Waals surface area contributed by atoms with E-state index in [0.29, 0.717) is 66.1 Å². The predicted octanol–water partition coefficient (Wildman–Crippen LogP) is 10.4. The van der Waals surface area contributed by atoms with Crippen LogP contribution in [0.5, 0.6) is 11.5 Å². The van der Waals surface area contributed by atoms with Gasteiger partial charge in [-0.3, -0.25) is 0 Å². The lowest BCUT2D eigenvalue weighted by Crippen LogP contribution is -2.29. The summed E-state index contributed by atoms with van der Waals surface area (Å²) < 4.78 is 31.8. The fraction of sp³-hybridized carbons (Fsp3) is 0.0732. The fourth-order valence-electron chi connectivity index (χ4n) is 5.68. The molecule has 6 aromatic carbocycles. The standard InChI is InChI=1S/C20H13ClFNOS.C14H8BrClFNS.C6H7BO3.CH4O/c21-15-5-2-4-13(9-15)18-19(22)14(10-17-20(18)23-11-25-17)7-12-3-1-6-16(24)8-12;15-6-9-5-11-14(18-7-19-11)12(13(9)17)8-2-1-3-10(16)4-8;8-6-3-1-2-5(4-6)7(9)10;1-2/h1-6,8-11,24H,7H2;1-5,7H,6H2;1-4,8-10H;2H,1H3. The molecule has 8 aromatic rings. The highest BCUT2D eigenvalue weighted by molar-refractivity contribution is 9.08. The summed E-state index contributed by atoms with van der Waals surface area (Å²) in [4.78, 5) is 8.62. The molecule has 0 atom stereocenters. The van der Waals surface area contributed by atoms with Gasteiger partial charge in [0, 0.05) is 45.6 Å². The predicted molar refractivity (Wildman–Crippen MR) is 230 cm³/mol. The normalized spacial score (nSPS) is 10.5. The molecule has 7 nitrogen and oxygen atoms in total. The fourth-order valence-corrected chi connectivity index (χ4v) is 7.96. The Labute approximate surface area is 348 Å². The van der Waals surface area contributed by atoms with E-state index in [9.17, 15) is 9.50 Å². The minimum atomic E-state index is -1.51. The summed E-state index contributed by atoms with van der Waals surface area (Å²) in [6.45, 7) is 0. The van der Waals surface area contributed by atoms with Crippen LogP contribution in [0.3, 0.4) is 0 Å². The van der Waals surface area contributed by atoms with Crippen LogP contribution in [0.1, 0.15) is 16.7 Å². The van der Waals surface area contributed by atoms with Crippen LogP contribution in [0.25, 0.3) is 42.7 Å². The molecule has 56 heavy (non-hydrogen) atoms. The minimum Gasteiger partial charge on any atom is -0.508 e. The molecular weight excluding hydrogens is 864 g/mol. The van der Waals surface area contributed by atoms with Crippen molar-refractivity contribution in [2.24, 2.45) is 0 Å². The van der Waals surface area contributed by atoms with E-state index in [0.717, 1.165) is 27.6 Å². The first-order valence-corrected chi connectivity index (χ1v) is 20.2. The van der Waals surface area contributed by atoms with Gasteiger partial charge in [-0.25, -0.2) is 18.7 Å². The lowest BCUT2D eigenvalue weighted by Gasteiger charge is -2.11. The van der Waals surface area contributed by atoms with E-state index in [1.54, 1.807) is 65.6 Å². The number of thiazole rings is 2. The third kappa shape index (κ3) is 10.5. The highest BCUT2D eigenvalue weighted by atomic mass is 79.9. The molecule has 8 rings (SSSR count). The van der Waals surface area contributed by atoms with Gasteiger partial charge in [-0.05, 0) is 88.4 Å². The number of aromatic hydroxyl groups is 2. The van der Waals surface area contributed by atoms with Crippen molar-refractivity contribution in [1.29, 1.82) is 0 Å². The lowest BCUT2D eigenvalue weighted by atomic mass is 9.80. The Balaban J connectivity index is 0.000000171. The van der Waals surface area contributed by atoms with Crippen LogP contribution in [0.15, 0.2) is 120 Å². The van der Waals surface area contributed by atoms with Gasteiger partial charge >= 0.3 is 7.12 Å². The number of rotatable bonds is 6. The zero-order valence-corrected chi connectivity index (χ0v) is 34.1. The number of hydrogen-bond donors (Lipinski definition) is 5. The maximum atomic E-state index is 15.3. The highest BCUT2D eigenvalue weighted by Gasteiger charge is 2.19. The highest BCUT2D eigenvalue weighted by Crippen LogP contribution is 2.38. The van der Waals surface area contributed by atoms with Crippen molar-refractivity contribution < 1.29 is 34.1 Å². The van der Waals surface area contributed by atoms with Gasteiger partial charge in [0.25, 0.3) is 0 Å². The molecule has 0 fully saturated rings. The number of benzene rings is 6. The van der Waals surface area contributed by atoms with Crippen LogP contribution in [0, 0.1) is 11.6 Å². The Morgan fingerprint density at radius 1 is 0.643 bits per heavy atom. The van der Waals surface area contributed by atoms with Gasteiger partial charge in [0.15, 0.2) is 0 Å². The molecule has 0 radical (unpaired) electrons. The maximum Gasteiger partial charge on any atom is 0.488 e. The van der Waals surface area contributed by atoms with Gasteiger partial charge < -0.3 is 25.4 Å². The third-order valence-electron chi connectivity index (χ3n) is 8.12. The first-order valence-electron chi connectivity index (χ1n) is 16.6. The van der Waals surface area contributed by atoms with Crippen molar-refractivity contribution in [3.63, 3.8) is 0 Å². The zero-order chi connectivity index (χ0) is 40.4. The van der Waals surface area contributed by atoms with E-state index in [1.165, 1.54) is 40.9 Å². The summed E-state index contributed by atoms with van der Waals surface area (Å²) in [5.74, 6) is -0.334. The molecule has 286 valence electrons. The minimum absolute atomic E-state index is 0.0330. The Hall–Kier alpha value is -4.44. The van der Waals surface area contributed by atoms with Gasteiger partial charge in [-0.15, -0.1) is 22.7 Å². The zero-order valence-electron chi connectivity index (χ0n) is 29.4. The second kappa shape index (κ2) is 20.1. The van der Waals surface area contributed by atoms with Crippen molar-refractivity contribution in [3.05, 3.63) is 159 Å². The van der Waals surface area contributed by atoms with E-state index in [2.05, 4.69) is 25.9 Å². The topological polar surface area (TPSA) is 127 Å². The van der Waals surface area contributed by atoms with Crippen LogP contribution in [0.2, 0.25) is 10.0 Å². The average molecular weight is 896 g/mol. The molecule has 15 heteroatoms. The summed E-state index contributed by atoms with van der Waals surface area (Å²) >= 11 is 18.4. The van der Waals surface area contributed by atoms with Crippen LogP contribution in [0.4, 0.5) is 8.78 Å². The first-order chi connectivity index (χ1) is 27.0. The Kier molecular flexibility index (Phi) is 15.3. The largest absolute Gasteiger partial charge is 0.508 e. The Morgan fingerprint density at radius 3 is 1.59 bits per heavy atom. The van der Waals surface area contributed by atoms with Gasteiger partial charge in [-0.1, -0.05) is 87.7 Å². The smallest absolute Gasteiger partial charge is 0.488 e. The molecule has 0 saturated carbocycles. The molecule has 0 saturated heterocycles. The van der Waals surface area contributed by atoms with Gasteiger partial charge in [0.1, 0.15) is 23.1 Å². The monoisotopic (exact) mass is 894 g/mol. The first kappa shape index (κ1) is 42.7. The molecule has 0 aliphatic heterocycles. The molecule has 0 aliphatic rings. The lowest BCUT2D eigenvalue weighted by molar-refractivity contribution is 0.399. The van der Waals surface area contributed by atoms with Crippen LogP contribution >= 0.6 is 61.8 Å². The van der Waals surface area contributed by atoms with Crippen LogP contribution in [-0.4, -0.2) is 49.6 Å². The number of aromatic nitrogens is 2. The molecule has 5 N–H and O–H groups in total. The number of aliphatic hydroxyl groups excluding tert-OH is 1. The van der Waals surface area contributed by atoms with Crippen molar-refractivity contribution in [2.75, 3.05) is 7.11 Å². The summed E-state index contributed by atoms with van der Waals surface area (Å²) in [6.07, 6.45) is 0.391. The second-order valence-electron chi connectivity index (χ2n) is 11.8. The van der Waals surface area contributed by atoms with E-state index in [-0.39, 0.29) is 23.1 Å². The number of aliphatic hydroxyl groups is 1. The third-order valence-corrected chi connectivity index (χ3v) is 10.7. The summed E-state index contributed by atoms with van der Waals surface area (Å²) in [7, 11) is -0.507. The SMILES string of the molecule is CO.Fc1c(CBr)cc2scnc2c1-c1cccc(Cl)c1.OB(O)c1cccc(O)c1.Oc1cccc(Cc2cc3scnc3c(-c3cccc(Cl)c3)c2F)c1. The number of fused-ring (bicyclic) bond motifs is 2. The molecule has 0 bridgehead atoms. The Morgan fingerprint density at radius 2 is 1.12 bits per heavy atom. The summed E-state index contributed by atoms with van der Waals surface area (Å²) in [5, 5.41) is 44.3. The van der Waals surface area contributed by atoms with E-state index < -0.39 is 7.12 Å². The number of alkyl halides is 1. The molecule has 2 heterocycles. The van der Waals surface area contributed by atoms with Gasteiger partial charge in [0.2, 0.25) is 0 Å². The van der Waals surface area contributed by atoms with E-state index in [4.69, 9.17) is 43.5 Å². The number of nitrogens with zero attached hydrogens (tertiary/aromatic N) is 2. The number of halogens is 5. The van der Waals surface area contributed by atoms with E-state index >= 15 is 4.39 Å². The van der Waals surface area contributed by atoms with E-state index in [1.807, 2.05) is 36.4 Å². The molecule has 0 amide bonds. The quantitative estimate of drug-likeness (QED) is 0.0831. The molecule has 0 spiro atoms. The van der Waals surface area contributed by atoms with Crippen LogP contribution < -0.4 is 5.46 Å². The second-order valence-corrected chi connectivity index (χ2v) is 15.0.